The zero-order chi connectivity index (χ0) is 11.6. The van der Waals surface area contributed by atoms with Crippen LogP contribution in [0.5, 0.6) is 0 Å². The first kappa shape index (κ1) is 10.8. The maximum absolute atomic E-state index is 11.1. The zero-order valence-corrected chi connectivity index (χ0v) is 10.8. The van der Waals surface area contributed by atoms with E-state index in [1.165, 1.54) is 38.4 Å². The van der Waals surface area contributed by atoms with Gasteiger partial charge in [0.2, 0.25) is 0 Å². The summed E-state index contributed by atoms with van der Waals surface area (Å²) in [5.41, 5.74) is 1.02. The van der Waals surface area contributed by atoms with E-state index in [0.29, 0.717) is 16.7 Å². The van der Waals surface area contributed by atoms with E-state index in [1.54, 1.807) is 0 Å². The van der Waals surface area contributed by atoms with Gasteiger partial charge in [0.1, 0.15) is 6.29 Å². The summed E-state index contributed by atoms with van der Waals surface area (Å²) in [6.45, 7) is 7.17. The van der Waals surface area contributed by atoms with Crippen molar-refractivity contribution in [2.75, 3.05) is 0 Å². The molecule has 1 heteroatoms. The first-order valence-electron chi connectivity index (χ1n) is 6.99. The Bertz CT molecular complexity index is 323. The minimum atomic E-state index is 0.270. The van der Waals surface area contributed by atoms with Crippen molar-refractivity contribution in [2.45, 2.75) is 52.9 Å². The maximum atomic E-state index is 11.1. The Labute approximate surface area is 99.0 Å². The summed E-state index contributed by atoms with van der Waals surface area (Å²) in [6, 6.07) is 0. The topological polar surface area (TPSA) is 17.1 Å². The molecular formula is C15H24O. The van der Waals surface area contributed by atoms with Crippen LogP contribution in [0.2, 0.25) is 0 Å². The summed E-state index contributed by atoms with van der Waals surface area (Å²) in [4.78, 5) is 11.1. The Hall–Kier alpha value is -0.330. The van der Waals surface area contributed by atoms with Gasteiger partial charge in [-0.3, -0.25) is 0 Å². The highest BCUT2D eigenvalue weighted by atomic mass is 16.1. The molecule has 0 N–H and O–H groups in total. The quantitative estimate of drug-likeness (QED) is 0.649. The van der Waals surface area contributed by atoms with Gasteiger partial charge in [-0.05, 0) is 60.7 Å². The molecule has 16 heavy (non-hydrogen) atoms. The van der Waals surface area contributed by atoms with Crippen molar-refractivity contribution in [3.05, 3.63) is 0 Å². The molecular weight excluding hydrogens is 196 g/mol. The minimum absolute atomic E-state index is 0.270. The van der Waals surface area contributed by atoms with Crippen molar-refractivity contribution in [3.63, 3.8) is 0 Å². The number of rotatable bonds is 2. The Morgan fingerprint density at radius 2 is 1.88 bits per heavy atom. The van der Waals surface area contributed by atoms with Crippen LogP contribution >= 0.6 is 0 Å². The lowest BCUT2D eigenvalue weighted by molar-refractivity contribution is -0.115. The highest BCUT2D eigenvalue weighted by Gasteiger charge is 2.68. The molecule has 3 saturated carbocycles. The van der Waals surface area contributed by atoms with Crippen LogP contribution in [0.4, 0.5) is 0 Å². The molecule has 3 fully saturated rings. The summed E-state index contributed by atoms with van der Waals surface area (Å²) in [5.74, 6) is 2.81. The van der Waals surface area contributed by atoms with Crippen LogP contribution in [-0.4, -0.2) is 6.29 Å². The van der Waals surface area contributed by atoms with Crippen LogP contribution in [0, 0.1) is 34.5 Å². The van der Waals surface area contributed by atoms with Gasteiger partial charge < -0.3 is 4.79 Å². The standard InChI is InChI=1S/C15H24O/c1-10(9-16)13-6-7-14(2)11-4-5-12(8-11)15(13,14)3/h9-13H,4-8H2,1-3H3/t10-,11-,12+,13+,14+,15+/m0/s1. The maximum Gasteiger partial charge on any atom is 0.123 e. The molecule has 0 amide bonds. The fourth-order valence-corrected chi connectivity index (χ4v) is 5.87. The van der Waals surface area contributed by atoms with Crippen LogP contribution in [0.15, 0.2) is 0 Å². The third kappa shape index (κ3) is 0.966. The lowest BCUT2D eigenvalue weighted by Gasteiger charge is -2.49. The second-order valence-electron chi connectivity index (χ2n) is 7.05. The van der Waals surface area contributed by atoms with Crippen molar-refractivity contribution < 1.29 is 4.79 Å². The van der Waals surface area contributed by atoms with Gasteiger partial charge in [-0.1, -0.05) is 20.8 Å². The van der Waals surface area contributed by atoms with Crippen LogP contribution < -0.4 is 0 Å². The molecule has 2 bridgehead atoms. The second-order valence-corrected chi connectivity index (χ2v) is 7.05. The third-order valence-corrected chi connectivity index (χ3v) is 7.01. The van der Waals surface area contributed by atoms with Gasteiger partial charge in [0.05, 0.1) is 0 Å². The average Bonchev–Trinajstić information content (AvgIpc) is 2.88. The highest BCUT2D eigenvalue weighted by Crippen LogP contribution is 2.75. The molecule has 3 aliphatic carbocycles. The summed E-state index contributed by atoms with van der Waals surface area (Å²) in [6.07, 6.45) is 8.20. The van der Waals surface area contributed by atoms with Gasteiger partial charge in [0, 0.05) is 5.92 Å². The summed E-state index contributed by atoms with van der Waals surface area (Å²) >= 11 is 0. The highest BCUT2D eigenvalue weighted by molar-refractivity contribution is 5.54. The van der Waals surface area contributed by atoms with Crippen molar-refractivity contribution in [3.8, 4) is 0 Å². The Balaban J connectivity index is 2.00. The van der Waals surface area contributed by atoms with Gasteiger partial charge >= 0.3 is 0 Å². The first-order chi connectivity index (χ1) is 7.54. The molecule has 1 nitrogen and oxygen atoms in total. The fraction of sp³-hybridized carbons (Fsp3) is 0.933. The molecule has 3 rings (SSSR count). The lowest BCUT2D eigenvalue weighted by Crippen LogP contribution is -2.44. The summed E-state index contributed by atoms with van der Waals surface area (Å²) < 4.78 is 0. The van der Waals surface area contributed by atoms with E-state index in [9.17, 15) is 4.79 Å². The van der Waals surface area contributed by atoms with Gasteiger partial charge in [-0.25, -0.2) is 0 Å². The number of carbonyl (C=O) groups excluding carboxylic acids is 1. The smallest absolute Gasteiger partial charge is 0.123 e. The Kier molecular flexibility index (Phi) is 2.10. The molecule has 90 valence electrons. The Morgan fingerprint density at radius 1 is 1.19 bits per heavy atom. The van der Waals surface area contributed by atoms with E-state index in [4.69, 9.17) is 0 Å². The van der Waals surface area contributed by atoms with Gasteiger partial charge in [-0.2, -0.15) is 0 Å². The molecule has 0 aromatic rings. The van der Waals surface area contributed by atoms with E-state index in [-0.39, 0.29) is 5.92 Å². The van der Waals surface area contributed by atoms with Gasteiger partial charge in [-0.15, -0.1) is 0 Å². The normalized spacial score (nSPS) is 56.3. The van der Waals surface area contributed by atoms with Crippen molar-refractivity contribution in [1.82, 2.24) is 0 Å². The molecule has 0 unspecified atom stereocenters. The number of hydrogen-bond acceptors (Lipinski definition) is 1. The first-order valence-corrected chi connectivity index (χ1v) is 6.99. The molecule has 3 aliphatic rings. The minimum Gasteiger partial charge on any atom is -0.303 e. The summed E-state index contributed by atoms with van der Waals surface area (Å²) in [7, 11) is 0. The van der Waals surface area contributed by atoms with E-state index in [0.717, 1.165) is 11.8 Å². The van der Waals surface area contributed by atoms with Gasteiger partial charge in [0.25, 0.3) is 0 Å². The van der Waals surface area contributed by atoms with Gasteiger partial charge in [0.15, 0.2) is 0 Å². The van der Waals surface area contributed by atoms with E-state index in [1.807, 2.05) is 0 Å². The SMILES string of the molecule is C[C@@H](C=O)[C@H]1CC[C@]2(C)[C@H]3CC[C@H](C3)[C@]12C. The summed E-state index contributed by atoms with van der Waals surface area (Å²) in [5, 5.41) is 0. The monoisotopic (exact) mass is 220 g/mol. The number of hydrogen-bond donors (Lipinski definition) is 0. The molecule has 0 aliphatic heterocycles. The van der Waals surface area contributed by atoms with Crippen LogP contribution in [-0.2, 0) is 4.79 Å². The predicted octanol–water partition coefficient (Wildman–Crippen LogP) is 3.67. The zero-order valence-electron chi connectivity index (χ0n) is 10.8. The van der Waals surface area contributed by atoms with Crippen molar-refractivity contribution >= 4 is 6.29 Å². The second kappa shape index (κ2) is 3.11. The average molecular weight is 220 g/mol. The van der Waals surface area contributed by atoms with Crippen molar-refractivity contribution in [1.29, 1.82) is 0 Å². The Morgan fingerprint density at radius 3 is 2.56 bits per heavy atom. The molecule has 0 aromatic carbocycles. The molecule has 0 radical (unpaired) electrons. The molecule has 6 atom stereocenters. The lowest BCUT2D eigenvalue weighted by atomic mass is 9.55. The van der Waals surface area contributed by atoms with E-state index < -0.39 is 0 Å². The largest absolute Gasteiger partial charge is 0.303 e. The molecule has 0 heterocycles. The van der Waals surface area contributed by atoms with Crippen LogP contribution in [0.1, 0.15) is 52.9 Å². The molecule has 0 saturated heterocycles. The number of fused-ring (bicyclic) bond motifs is 5. The third-order valence-electron chi connectivity index (χ3n) is 7.01. The molecule has 0 spiro atoms. The van der Waals surface area contributed by atoms with Crippen LogP contribution in [0.25, 0.3) is 0 Å². The van der Waals surface area contributed by atoms with Crippen molar-refractivity contribution in [2.24, 2.45) is 34.5 Å². The van der Waals surface area contributed by atoms with E-state index >= 15 is 0 Å². The predicted molar refractivity (Wildman–Crippen MR) is 65.0 cm³/mol. The molecule has 0 aromatic heterocycles. The van der Waals surface area contributed by atoms with Crippen LogP contribution in [0.3, 0.4) is 0 Å². The number of carbonyl (C=O) groups is 1. The number of aldehydes is 1. The van der Waals surface area contributed by atoms with E-state index in [2.05, 4.69) is 20.8 Å². The fourth-order valence-electron chi connectivity index (χ4n) is 5.87.